The lowest BCUT2D eigenvalue weighted by atomic mass is 9.80. The number of halogens is 3. The number of nitrogens with one attached hydrogen (secondary N) is 1. The smallest absolute Gasteiger partial charge is 0.410 e. The average Bonchev–Trinajstić information content (AvgIpc) is 3.52. The second-order valence-electron chi connectivity index (χ2n) is 11.7. The minimum absolute atomic E-state index is 0.0317. The summed E-state index contributed by atoms with van der Waals surface area (Å²) in [7, 11) is 2.71. The molecule has 1 saturated carbocycles. The number of esters is 1. The number of carbonyl (C=O) groups excluding carboxylic acids is 2. The number of thiazole rings is 1. The van der Waals surface area contributed by atoms with E-state index in [1.807, 2.05) is 0 Å². The van der Waals surface area contributed by atoms with E-state index in [9.17, 15) is 23.5 Å². The predicted molar refractivity (Wildman–Crippen MR) is 162 cm³/mol. The number of allylic oxidation sites excluding steroid dienone is 1. The Morgan fingerprint density at radius 3 is 2.50 bits per heavy atom. The molecule has 4 rings (SSSR count). The van der Waals surface area contributed by atoms with Gasteiger partial charge < -0.3 is 29.5 Å². The Bertz CT molecular complexity index is 1410. The summed E-state index contributed by atoms with van der Waals surface area (Å²) >= 11 is 7.59. The fraction of sp³-hybridized carbons (Fsp3) is 0.533. The van der Waals surface area contributed by atoms with Crippen molar-refractivity contribution >= 4 is 40.8 Å². The van der Waals surface area contributed by atoms with Crippen LogP contribution in [-0.2, 0) is 19.0 Å². The van der Waals surface area contributed by atoms with Gasteiger partial charge in [-0.05, 0) is 58.4 Å². The summed E-state index contributed by atoms with van der Waals surface area (Å²) < 4.78 is 44.5. The van der Waals surface area contributed by atoms with Crippen LogP contribution >= 0.6 is 22.9 Å². The molecule has 1 unspecified atom stereocenters. The molecular weight excluding hydrogens is 618 g/mol. The minimum Gasteiger partial charge on any atom is -0.466 e. The van der Waals surface area contributed by atoms with Gasteiger partial charge in [0.25, 0.3) is 0 Å². The number of rotatable bonds is 9. The van der Waals surface area contributed by atoms with Crippen molar-refractivity contribution in [2.75, 3.05) is 27.4 Å². The molecule has 2 aromatic rings. The second kappa shape index (κ2) is 14.3. The maximum atomic E-state index is 14.6. The number of ether oxygens (including phenoxy) is 3. The van der Waals surface area contributed by atoms with E-state index in [1.54, 1.807) is 37.2 Å². The third-order valence-corrected chi connectivity index (χ3v) is 8.58. The van der Waals surface area contributed by atoms with Gasteiger partial charge in [0.15, 0.2) is 22.5 Å². The van der Waals surface area contributed by atoms with E-state index >= 15 is 0 Å². The quantitative estimate of drug-likeness (QED) is 0.272. The number of benzene rings is 1. The lowest BCUT2D eigenvalue weighted by Gasteiger charge is -2.40. The van der Waals surface area contributed by atoms with Gasteiger partial charge in [-0.1, -0.05) is 17.7 Å². The van der Waals surface area contributed by atoms with Crippen molar-refractivity contribution in [1.29, 1.82) is 0 Å². The molecule has 0 bridgehead atoms. The molecule has 2 N–H and O–H groups in total. The molecule has 44 heavy (non-hydrogen) atoms. The lowest BCUT2D eigenvalue weighted by Crippen LogP contribution is -2.49. The molecule has 2 heterocycles. The van der Waals surface area contributed by atoms with Crippen LogP contribution in [-0.4, -0.2) is 78.0 Å². The van der Waals surface area contributed by atoms with E-state index < -0.39 is 46.5 Å². The van der Waals surface area contributed by atoms with E-state index in [0.717, 1.165) is 6.07 Å². The van der Waals surface area contributed by atoms with Crippen molar-refractivity contribution in [3.8, 4) is 0 Å². The lowest BCUT2D eigenvalue weighted by molar-refractivity contribution is -0.136. The van der Waals surface area contributed by atoms with Crippen molar-refractivity contribution in [2.45, 2.75) is 70.2 Å². The molecule has 0 spiro atoms. The summed E-state index contributed by atoms with van der Waals surface area (Å²) in [4.78, 5) is 37.1. The van der Waals surface area contributed by atoms with Gasteiger partial charge in [0.2, 0.25) is 0 Å². The summed E-state index contributed by atoms with van der Waals surface area (Å²) in [6.07, 6.45) is 2.31. The molecule has 1 amide bonds. The highest BCUT2D eigenvalue weighted by Gasteiger charge is 2.40. The minimum atomic E-state index is -1.24. The Morgan fingerprint density at radius 1 is 1.20 bits per heavy atom. The number of aromatic nitrogens is 1. The first-order chi connectivity index (χ1) is 20.8. The van der Waals surface area contributed by atoms with Crippen molar-refractivity contribution < 1.29 is 37.7 Å². The molecule has 1 fully saturated rings. The Hall–Kier alpha value is -3.13. The van der Waals surface area contributed by atoms with Crippen molar-refractivity contribution in [1.82, 2.24) is 15.2 Å². The van der Waals surface area contributed by atoms with Crippen LogP contribution in [0.5, 0.6) is 0 Å². The summed E-state index contributed by atoms with van der Waals surface area (Å²) in [5.74, 6) is -2.92. The number of hydrogen-bond donors (Lipinski definition) is 2. The van der Waals surface area contributed by atoms with Crippen LogP contribution in [0.25, 0.3) is 0 Å². The van der Waals surface area contributed by atoms with E-state index in [0.29, 0.717) is 42.2 Å². The Balaban J connectivity index is 1.69. The molecule has 240 valence electrons. The topological polar surface area (TPSA) is 123 Å². The van der Waals surface area contributed by atoms with Gasteiger partial charge in [0.05, 0.1) is 37.0 Å². The van der Waals surface area contributed by atoms with Gasteiger partial charge in [-0.2, -0.15) is 0 Å². The number of aliphatic hydroxyl groups excluding tert-OH is 1. The van der Waals surface area contributed by atoms with E-state index in [1.165, 1.54) is 31.6 Å². The van der Waals surface area contributed by atoms with Crippen LogP contribution in [0.2, 0.25) is 5.02 Å². The van der Waals surface area contributed by atoms with Crippen LogP contribution in [0.1, 0.15) is 63.1 Å². The molecule has 1 aliphatic heterocycles. The zero-order chi connectivity index (χ0) is 32.2. The number of methoxy groups -OCH3 is 2. The van der Waals surface area contributed by atoms with Gasteiger partial charge in [-0.25, -0.2) is 23.4 Å². The molecule has 0 saturated heterocycles. The van der Waals surface area contributed by atoms with Crippen molar-refractivity contribution in [2.24, 2.45) is 10.9 Å². The number of carbonyl (C=O) groups is 2. The van der Waals surface area contributed by atoms with Crippen LogP contribution in [0.4, 0.5) is 13.6 Å². The highest BCUT2D eigenvalue weighted by Crippen LogP contribution is 2.42. The average molecular weight is 655 g/mol. The van der Waals surface area contributed by atoms with Gasteiger partial charge >= 0.3 is 12.1 Å². The monoisotopic (exact) mass is 654 g/mol. The van der Waals surface area contributed by atoms with Crippen LogP contribution in [0.15, 0.2) is 40.0 Å². The zero-order valence-electron chi connectivity index (χ0n) is 25.2. The third-order valence-electron chi connectivity index (χ3n) is 7.41. The number of aliphatic hydroxyl groups is 1. The molecule has 2 atom stereocenters. The summed E-state index contributed by atoms with van der Waals surface area (Å²) in [5, 5.41) is 15.6. The summed E-state index contributed by atoms with van der Waals surface area (Å²) in [5.41, 5.74) is 0.0244. The van der Waals surface area contributed by atoms with E-state index in [2.05, 4.69) is 15.3 Å². The summed E-state index contributed by atoms with van der Waals surface area (Å²) in [6.45, 7) is 5.42. The number of aliphatic imine (C=N–C) groups is 1. The normalized spacial score (nSPS) is 21.3. The van der Waals surface area contributed by atoms with Crippen molar-refractivity contribution in [3.63, 3.8) is 0 Å². The first-order valence-electron chi connectivity index (χ1n) is 14.2. The molecule has 2 aliphatic rings. The van der Waals surface area contributed by atoms with Crippen LogP contribution in [0, 0.1) is 17.6 Å². The van der Waals surface area contributed by atoms with Gasteiger partial charge in [-0.15, -0.1) is 11.3 Å². The van der Waals surface area contributed by atoms with Gasteiger partial charge in [-0.3, -0.25) is 4.99 Å². The number of nitrogens with zero attached hydrogens (tertiary/aromatic N) is 3. The number of hydrogen-bond acceptors (Lipinski definition) is 10. The fourth-order valence-corrected chi connectivity index (χ4v) is 6.33. The zero-order valence-corrected chi connectivity index (χ0v) is 26.8. The van der Waals surface area contributed by atoms with Crippen LogP contribution < -0.4 is 5.32 Å². The molecular formula is C30H37ClF2N4O6S. The molecule has 1 aromatic heterocycles. The molecule has 1 aliphatic carbocycles. The Kier molecular flexibility index (Phi) is 11.0. The van der Waals surface area contributed by atoms with Gasteiger partial charge in [0, 0.05) is 36.0 Å². The Labute approximate surface area is 264 Å². The first-order valence-corrected chi connectivity index (χ1v) is 15.5. The predicted octanol–water partition coefficient (Wildman–Crippen LogP) is 5.40. The largest absolute Gasteiger partial charge is 0.466 e. The third kappa shape index (κ3) is 7.74. The molecule has 1 aromatic carbocycles. The molecule has 14 heteroatoms. The number of amidine groups is 1. The van der Waals surface area contributed by atoms with Crippen molar-refractivity contribution in [3.05, 3.63) is 62.2 Å². The summed E-state index contributed by atoms with van der Waals surface area (Å²) in [6, 6.07) is 0.906. The maximum Gasteiger partial charge on any atom is 0.410 e. The Morgan fingerprint density at radius 2 is 1.91 bits per heavy atom. The highest BCUT2D eigenvalue weighted by atomic mass is 35.5. The van der Waals surface area contributed by atoms with Crippen LogP contribution in [0.3, 0.4) is 0 Å². The SMILES string of the molecule is COC[C@@H](O)CN(C(=O)OC(C)(C)C)[C@H]1CC[C@H](C2=C(C(=O)OC)C(c3ccc(F)c(F)c3Cl)N=C(c3nccs3)N2)CC1. The van der Waals surface area contributed by atoms with E-state index in [4.69, 9.17) is 25.8 Å². The molecule has 10 nitrogen and oxygen atoms in total. The van der Waals surface area contributed by atoms with E-state index in [-0.39, 0.29) is 36.2 Å². The number of amides is 1. The van der Waals surface area contributed by atoms with Gasteiger partial charge in [0.1, 0.15) is 11.6 Å². The molecule has 0 radical (unpaired) electrons. The fourth-order valence-electron chi connectivity index (χ4n) is 5.49. The highest BCUT2D eigenvalue weighted by molar-refractivity contribution is 7.11. The second-order valence-corrected chi connectivity index (χ2v) is 12.9. The first kappa shape index (κ1) is 33.8. The standard InChI is InChI=1S/C30H37ClF2N4O6S/c1-30(2,3)43-29(40)37(14-18(38)15-41-4)17-8-6-16(7-9-17)24-21(28(39)42-5)25(19-10-11-20(32)23(33)22(19)31)36-26(35-24)27-34-12-13-44-27/h10-13,16-18,25,38H,6-9,14-15H2,1-5H3,(H,35,36)/t16-,17-,18-,25?/m0/s1. The maximum absolute atomic E-state index is 14.6.